The Morgan fingerprint density at radius 2 is 1.90 bits per heavy atom. The summed E-state index contributed by atoms with van der Waals surface area (Å²) in [6, 6.07) is 9.20. The molecule has 3 nitrogen and oxygen atoms in total. The lowest BCUT2D eigenvalue weighted by Gasteiger charge is -2.05. The Bertz CT molecular complexity index is 684. The van der Waals surface area contributed by atoms with Crippen molar-refractivity contribution in [3.63, 3.8) is 0 Å². The van der Waals surface area contributed by atoms with Crippen molar-refractivity contribution >= 4 is 57.1 Å². The van der Waals surface area contributed by atoms with Crippen LogP contribution in [0.4, 0.5) is 5.69 Å². The van der Waals surface area contributed by atoms with Crippen molar-refractivity contribution in [1.29, 1.82) is 0 Å². The molecule has 21 heavy (non-hydrogen) atoms. The third-order valence-electron chi connectivity index (χ3n) is 2.98. The molecule has 2 rings (SSSR count). The van der Waals surface area contributed by atoms with Crippen LogP contribution in [0, 0.1) is 7.14 Å². The van der Waals surface area contributed by atoms with Crippen LogP contribution >= 0.6 is 45.2 Å². The minimum atomic E-state index is 0.144. The number of aromatic hydroxyl groups is 2. The molecule has 0 radical (unpaired) electrons. The van der Waals surface area contributed by atoms with Crippen LogP contribution in [-0.4, -0.2) is 16.4 Å². The first kappa shape index (κ1) is 16.5. The molecule has 0 bridgehead atoms. The molecule has 0 aliphatic heterocycles. The minimum absolute atomic E-state index is 0.144. The first-order valence-electron chi connectivity index (χ1n) is 6.55. The molecule has 0 saturated carbocycles. The highest BCUT2D eigenvalue weighted by atomic mass is 127. The van der Waals surface area contributed by atoms with Gasteiger partial charge in [0.1, 0.15) is 17.2 Å². The van der Waals surface area contributed by atoms with Crippen LogP contribution < -0.4 is 0 Å². The molecule has 2 aromatic rings. The molecule has 0 saturated heterocycles. The van der Waals surface area contributed by atoms with Crippen LogP contribution in [0.3, 0.4) is 0 Å². The number of aryl methyl sites for hydroxylation is 1. The molecular formula is C16H15I2NO2. The van der Waals surface area contributed by atoms with Crippen molar-refractivity contribution in [1.82, 2.24) is 0 Å². The van der Waals surface area contributed by atoms with Crippen molar-refractivity contribution in [3.8, 4) is 11.5 Å². The average Bonchev–Trinajstić information content (AvgIpc) is 2.44. The van der Waals surface area contributed by atoms with Crippen molar-refractivity contribution < 1.29 is 10.2 Å². The van der Waals surface area contributed by atoms with Crippen LogP contribution in [0.25, 0.3) is 0 Å². The lowest BCUT2D eigenvalue weighted by molar-refractivity contribution is 0.470. The Labute approximate surface area is 151 Å². The van der Waals surface area contributed by atoms with Gasteiger partial charge in [0, 0.05) is 15.3 Å². The predicted octanol–water partition coefficient (Wildman–Crippen LogP) is 5.01. The standard InChI is InChI=1S/C16H15I2NO2/c1-2-3-10-4-5-15(20)14(6-10)19-9-11-7-12(17)8-13(18)16(11)21/h4-9,20-21H,2-3H2,1H3. The highest BCUT2D eigenvalue weighted by molar-refractivity contribution is 14.1. The number of hydrogen-bond acceptors (Lipinski definition) is 3. The smallest absolute Gasteiger partial charge is 0.141 e. The van der Waals surface area contributed by atoms with Gasteiger partial charge in [-0.2, -0.15) is 0 Å². The summed E-state index contributed by atoms with van der Waals surface area (Å²) < 4.78 is 1.81. The molecule has 0 aromatic heterocycles. The quantitative estimate of drug-likeness (QED) is 0.452. The second-order valence-corrected chi connectivity index (χ2v) is 7.06. The monoisotopic (exact) mass is 507 g/mol. The van der Waals surface area contributed by atoms with Crippen LogP contribution in [0.2, 0.25) is 0 Å². The zero-order chi connectivity index (χ0) is 15.4. The van der Waals surface area contributed by atoms with Gasteiger partial charge in [0.05, 0.1) is 3.57 Å². The van der Waals surface area contributed by atoms with E-state index in [9.17, 15) is 10.2 Å². The summed E-state index contributed by atoms with van der Waals surface area (Å²) in [6.45, 7) is 2.11. The van der Waals surface area contributed by atoms with Gasteiger partial charge in [0.2, 0.25) is 0 Å². The SMILES string of the molecule is CCCc1ccc(O)c(N=Cc2cc(I)cc(I)c2O)c1. The largest absolute Gasteiger partial charge is 0.506 e. The minimum Gasteiger partial charge on any atom is -0.506 e. The normalized spacial score (nSPS) is 11.2. The Kier molecular flexibility index (Phi) is 5.86. The topological polar surface area (TPSA) is 52.8 Å². The zero-order valence-electron chi connectivity index (χ0n) is 11.5. The van der Waals surface area contributed by atoms with Crippen molar-refractivity contribution in [2.45, 2.75) is 19.8 Å². The van der Waals surface area contributed by atoms with Gasteiger partial charge in [-0.15, -0.1) is 0 Å². The first-order valence-corrected chi connectivity index (χ1v) is 8.71. The van der Waals surface area contributed by atoms with Gasteiger partial charge >= 0.3 is 0 Å². The number of phenolic OH excluding ortho intramolecular Hbond substituents is 2. The highest BCUT2D eigenvalue weighted by Crippen LogP contribution is 2.30. The van der Waals surface area contributed by atoms with Crippen molar-refractivity contribution in [2.24, 2.45) is 4.99 Å². The number of hydrogen-bond donors (Lipinski definition) is 2. The number of halogens is 2. The fraction of sp³-hybridized carbons (Fsp3) is 0.188. The third kappa shape index (κ3) is 4.32. The number of aliphatic imine (C=N–C) groups is 1. The van der Waals surface area contributed by atoms with Crippen molar-refractivity contribution in [2.75, 3.05) is 0 Å². The van der Waals surface area contributed by atoms with Crippen LogP contribution in [-0.2, 0) is 6.42 Å². The van der Waals surface area contributed by atoms with E-state index >= 15 is 0 Å². The fourth-order valence-electron chi connectivity index (χ4n) is 1.94. The highest BCUT2D eigenvalue weighted by Gasteiger charge is 2.06. The Hall–Kier alpha value is -0.830. The van der Waals surface area contributed by atoms with Crippen molar-refractivity contribution in [3.05, 3.63) is 48.6 Å². The molecule has 2 aromatic carbocycles. The molecule has 5 heteroatoms. The Morgan fingerprint density at radius 3 is 2.62 bits per heavy atom. The van der Waals surface area contributed by atoms with Gasteiger partial charge in [-0.3, -0.25) is 4.99 Å². The van der Waals surface area contributed by atoms with E-state index in [0.717, 1.165) is 25.5 Å². The van der Waals surface area contributed by atoms with Crippen LogP contribution in [0.5, 0.6) is 11.5 Å². The molecule has 0 amide bonds. The van der Waals surface area contributed by atoms with Gasteiger partial charge in [-0.05, 0) is 81.4 Å². The number of nitrogens with zero attached hydrogens (tertiary/aromatic N) is 1. The molecule has 0 spiro atoms. The van der Waals surface area contributed by atoms with E-state index in [1.165, 1.54) is 0 Å². The van der Waals surface area contributed by atoms with Crippen LogP contribution in [0.15, 0.2) is 35.3 Å². The summed E-state index contributed by atoms with van der Waals surface area (Å²) in [4.78, 5) is 4.32. The number of benzene rings is 2. The van der Waals surface area contributed by atoms with E-state index < -0.39 is 0 Å². The maximum atomic E-state index is 10.0. The molecule has 0 unspecified atom stereocenters. The van der Waals surface area contributed by atoms with Gasteiger partial charge in [0.15, 0.2) is 0 Å². The van der Waals surface area contributed by atoms with Gasteiger partial charge in [-0.1, -0.05) is 19.4 Å². The maximum absolute atomic E-state index is 10.0. The first-order chi connectivity index (χ1) is 10.0. The summed E-state index contributed by atoms with van der Waals surface area (Å²) >= 11 is 4.29. The summed E-state index contributed by atoms with van der Waals surface area (Å²) in [5.41, 5.74) is 2.31. The number of rotatable bonds is 4. The lowest BCUT2D eigenvalue weighted by Crippen LogP contribution is -1.88. The van der Waals surface area contributed by atoms with E-state index in [1.54, 1.807) is 12.3 Å². The molecule has 0 fully saturated rings. The lowest BCUT2D eigenvalue weighted by atomic mass is 10.1. The summed E-state index contributed by atoms with van der Waals surface area (Å²) in [5.74, 6) is 0.356. The predicted molar refractivity (Wildman–Crippen MR) is 103 cm³/mol. The summed E-state index contributed by atoms with van der Waals surface area (Å²) in [7, 11) is 0. The van der Waals surface area contributed by atoms with Gasteiger partial charge in [-0.25, -0.2) is 0 Å². The molecule has 0 aliphatic rings. The second-order valence-electron chi connectivity index (χ2n) is 4.66. The Balaban J connectivity index is 2.35. The van der Waals surface area contributed by atoms with Crippen LogP contribution in [0.1, 0.15) is 24.5 Å². The summed E-state index contributed by atoms with van der Waals surface area (Å²) in [6.07, 6.45) is 3.59. The average molecular weight is 507 g/mol. The van der Waals surface area contributed by atoms with E-state index in [4.69, 9.17) is 0 Å². The fourth-order valence-corrected chi connectivity index (χ4v) is 3.83. The second kappa shape index (κ2) is 7.44. The zero-order valence-corrected chi connectivity index (χ0v) is 15.8. The molecule has 2 N–H and O–H groups in total. The van der Waals surface area contributed by atoms with E-state index in [1.807, 2.05) is 24.3 Å². The maximum Gasteiger partial charge on any atom is 0.141 e. The summed E-state index contributed by atoms with van der Waals surface area (Å²) in [5, 5.41) is 19.9. The molecule has 0 heterocycles. The van der Waals surface area contributed by atoms with E-state index in [-0.39, 0.29) is 11.5 Å². The Morgan fingerprint density at radius 1 is 1.14 bits per heavy atom. The molecule has 110 valence electrons. The number of phenols is 2. The van der Waals surface area contributed by atoms with E-state index in [0.29, 0.717) is 11.3 Å². The molecule has 0 aliphatic carbocycles. The molecular weight excluding hydrogens is 492 g/mol. The third-order valence-corrected chi connectivity index (χ3v) is 4.42. The molecule has 0 atom stereocenters. The van der Waals surface area contributed by atoms with Gasteiger partial charge in [0.25, 0.3) is 0 Å². The van der Waals surface area contributed by atoms with Gasteiger partial charge < -0.3 is 10.2 Å². The van der Waals surface area contributed by atoms with E-state index in [2.05, 4.69) is 57.1 Å².